The zero-order chi connectivity index (χ0) is 14.0. The Labute approximate surface area is 119 Å². The average molecular weight is 314 g/mol. The third-order valence-electron chi connectivity index (χ3n) is 2.18. The highest BCUT2D eigenvalue weighted by Crippen LogP contribution is 2.26. The molecule has 0 amide bonds. The molecule has 0 saturated carbocycles. The maximum absolute atomic E-state index is 12.1. The minimum absolute atomic E-state index is 0.0571. The van der Waals surface area contributed by atoms with Gasteiger partial charge in [0.1, 0.15) is 15.2 Å². The number of halogens is 1. The number of nitrogens with zero attached hydrogens (tertiary/aromatic N) is 2. The quantitative estimate of drug-likeness (QED) is 0.883. The lowest BCUT2D eigenvalue weighted by Gasteiger charge is -2.08. The van der Waals surface area contributed by atoms with Gasteiger partial charge in [0.25, 0.3) is 10.0 Å². The van der Waals surface area contributed by atoms with Crippen molar-refractivity contribution in [2.75, 3.05) is 4.72 Å². The first kappa shape index (κ1) is 13.8. The zero-order valence-electron chi connectivity index (χ0n) is 9.71. The second kappa shape index (κ2) is 5.17. The van der Waals surface area contributed by atoms with E-state index in [4.69, 9.17) is 16.9 Å². The van der Waals surface area contributed by atoms with Crippen LogP contribution in [-0.4, -0.2) is 13.4 Å². The molecule has 98 valence electrons. The van der Waals surface area contributed by atoms with Crippen LogP contribution in [0.1, 0.15) is 10.4 Å². The number of hydrogen-bond donors (Lipinski definition) is 1. The lowest BCUT2D eigenvalue weighted by molar-refractivity contribution is 0.603. The molecule has 19 heavy (non-hydrogen) atoms. The Kier molecular flexibility index (Phi) is 3.75. The van der Waals surface area contributed by atoms with E-state index in [9.17, 15) is 8.42 Å². The van der Waals surface area contributed by atoms with Gasteiger partial charge in [-0.05, 0) is 30.7 Å². The Balaban J connectivity index is 2.36. The molecule has 0 unspecified atom stereocenters. The summed E-state index contributed by atoms with van der Waals surface area (Å²) in [6.45, 7) is 1.78. The van der Waals surface area contributed by atoms with Crippen LogP contribution in [0.3, 0.4) is 0 Å². The summed E-state index contributed by atoms with van der Waals surface area (Å²) in [5.41, 5.74) is 1.000. The van der Waals surface area contributed by atoms with Gasteiger partial charge < -0.3 is 0 Å². The minimum Gasteiger partial charge on any atom is -0.276 e. The number of nitrogens with one attached hydrogen (secondary N) is 1. The second-order valence-corrected chi connectivity index (χ2v) is 7.04. The summed E-state index contributed by atoms with van der Waals surface area (Å²) in [6.07, 6.45) is 1.54. The number of aryl methyl sites for hydroxylation is 1. The summed E-state index contributed by atoms with van der Waals surface area (Å²) >= 11 is 6.73. The molecule has 0 spiro atoms. The van der Waals surface area contributed by atoms with Crippen LogP contribution in [0.4, 0.5) is 5.69 Å². The van der Waals surface area contributed by atoms with Gasteiger partial charge in [-0.2, -0.15) is 5.26 Å². The maximum atomic E-state index is 12.1. The van der Waals surface area contributed by atoms with Crippen molar-refractivity contribution in [3.8, 4) is 6.07 Å². The molecule has 0 saturated heterocycles. The summed E-state index contributed by atoms with van der Waals surface area (Å²) in [4.78, 5) is 4.20. The lowest BCUT2D eigenvalue weighted by atomic mass is 10.3. The normalized spacial score (nSPS) is 11.0. The third kappa shape index (κ3) is 3.04. The van der Waals surface area contributed by atoms with Crippen LogP contribution in [0.15, 0.2) is 28.6 Å². The predicted molar refractivity (Wildman–Crippen MR) is 73.8 cm³/mol. The molecule has 5 nitrogen and oxygen atoms in total. The largest absolute Gasteiger partial charge is 0.276 e. The standard InChI is InChI=1S/C11H8ClN3O2S2/c1-7-4-9(11(12)14-6-7)15-19(16,17)10-3-2-8(5-13)18-10/h2-4,6,15H,1H3. The Morgan fingerprint density at radius 2 is 2.21 bits per heavy atom. The number of hydrogen-bond acceptors (Lipinski definition) is 5. The average Bonchev–Trinajstić information content (AvgIpc) is 2.83. The van der Waals surface area contributed by atoms with Crippen molar-refractivity contribution >= 4 is 38.6 Å². The molecule has 0 fully saturated rings. The highest BCUT2D eigenvalue weighted by molar-refractivity contribution is 7.94. The highest BCUT2D eigenvalue weighted by Gasteiger charge is 2.18. The molecule has 8 heteroatoms. The van der Waals surface area contributed by atoms with Crippen LogP contribution in [0.5, 0.6) is 0 Å². The van der Waals surface area contributed by atoms with Gasteiger partial charge in [0.05, 0.1) is 5.69 Å². The molecule has 1 N–H and O–H groups in total. The third-order valence-corrected chi connectivity index (χ3v) is 5.32. The molecular weight excluding hydrogens is 306 g/mol. The lowest BCUT2D eigenvalue weighted by Crippen LogP contribution is -2.12. The van der Waals surface area contributed by atoms with Crippen LogP contribution < -0.4 is 4.72 Å². The van der Waals surface area contributed by atoms with Gasteiger partial charge >= 0.3 is 0 Å². The van der Waals surface area contributed by atoms with Crippen molar-refractivity contribution in [3.63, 3.8) is 0 Å². The molecule has 0 aliphatic heterocycles. The molecule has 2 aromatic heterocycles. The fourth-order valence-corrected chi connectivity index (χ4v) is 3.71. The van der Waals surface area contributed by atoms with Gasteiger partial charge in [-0.1, -0.05) is 11.6 Å². The smallest absolute Gasteiger partial charge is 0.271 e. The summed E-state index contributed by atoms with van der Waals surface area (Å²) in [6, 6.07) is 6.31. The Morgan fingerprint density at radius 1 is 1.47 bits per heavy atom. The van der Waals surface area contributed by atoms with E-state index in [1.165, 1.54) is 12.1 Å². The van der Waals surface area contributed by atoms with E-state index in [-0.39, 0.29) is 15.0 Å². The number of pyridine rings is 1. The summed E-state index contributed by atoms with van der Waals surface area (Å²) in [5.74, 6) is 0. The van der Waals surface area contributed by atoms with Gasteiger partial charge in [-0.25, -0.2) is 13.4 Å². The highest BCUT2D eigenvalue weighted by atomic mass is 35.5. The van der Waals surface area contributed by atoms with Crippen LogP contribution in [-0.2, 0) is 10.0 Å². The molecule has 2 rings (SSSR count). The van der Waals surface area contributed by atoms with Crippen LogP contribution in [0.2, 0.25) is 5.15 Å². The van der Waals surface area contributed by atoms with E-state index in [1.54, 1.807) is 19.2 Å². The second-order valence-electron chi connectivity index (χ2n) is 3.69. The SMILES string of the molecule is Cc1cnc(Cl)c(NS(=O)(=O)c2ccc(C#N)s2)c1. The first-order valence-corrected chi connectivity index (χ1v) is 7.75. The van der Waals surface area contributed by atoms with Crippen molar-refractivity contribution < 1.29 is 8.42 Å². The number of aromatic nitrogens is 1. The van der Waals surface area contributed by atoms with Gasteiger partial charge in [-0.3, -0.25) is 4.72 Å². The van der Waals surface area contributed by atoms with Crippen molar-refractivity contribution in [2.45, 2.75) is 11.1 Å². The van der Waals surface area contributed by atoms with E-state index in [1.807, 2.05) is 6.07 Å². The topological polar surface area (TPSA) is 82.8 Å². The molecule has 0 atom stereocenters. The first-order chi connectivity index (χ1) is 8.92. The van der Waals surface area contributed by atoms with Gasteiger partial charge in [-0.15, -0.1) is 11.3 Å². The number of anilines is 1. The number of sulfonamides is 1. The molecular formula is C11H8ClN3O2S2. The van der Waals surface area contributed by atoms with Crippen molar-refractivity contribution in [1.29, 1.82) is 5.26 Å². The Morgan fingerprint density at radius 3 is 2.84 bits per heavy atom. The maximum Gasteiger partial charge on any atom is 0.271 e. The summed E-state index contributed by atoms with van der Waals surface area (Å²) in [7, 11) is -3.75. The van der Waals surface area contributed by atoms with Crippen LogP contribution >= 0.6 is 22.9 Å². The molecule has 2 aromatic rings. The molecule has 0 radical (unpaired) electrons. The van der Waals surface area contributed by atoms with Gasteiger partial charge in [0.15, 0.2) is 5.15 Å². The van der Waals surface area contributed by atoms with E-state index in [2.05, 4.69) is 9.71 Å². The fourth-order valence-electron chi connectivity index (χ4n) is 1.34. The van der Waals surface area contributed by atoms with Crippen molar-refractivity contribution in [3.05, 3.63) is 40.0 Å². The van der Waals surface area contributed by atoms with E-state index < -0.39 is 10.0 Å². The minimum atomic E-state index is -3.75. The van der Waals surface area contributed by atoms with Crippen LogP contribution in [0, 0.1) is 18.3 Å². The molecule has 0 bridgehead atoms. The van der Waals surface area contributed by atoms with Gasteiger partial charge in [0, 0.05) is 6.20 Å². The summed E-state index contributed by atoms with van der Waals surface area (Å²) in [5, 5.41) is 8.78. The van der Waals surface area contributed by atoms with E-state index in [0.717, 1.165) is 16.9 Å². The molecule has 0 aliphatic rings. The zero-order valence-corrected chi connectivity index (χ0v) is 12.1. The predicted octanol–water partition coefficient (Wildman–Crippen LogP) is 2.78. The number of rotatable bonds is 3. The summed E-state index contributed by atoms with van der Waals surface area (Å²) < 4.78 is 26.6. The van der Waals surface area contributed by atoms with Crippen molar-refractivity contribution in [2.24, 2.45) is 0 Å². The van der Waals surface area contributed by atoms with Crippen molar-refractivity contribution in [1.82, 2.24) is 4.98 Å². The Bertz CT molecular complexity index is 762. The first-order valence-electron chi connectivity index (χ1n) is 5.07. The molecule has 0 aliphatic carbocycles. The molecule has 2 heterocycles. The Hall–Kier alpha value is -1.62. The van der Waals surface area contributed by atoms with Crippen LogP contribution in [0.25, 0.3) is 0 Å². The number of nitriles is 1. The van der Waals surface area contributed by atoms with E-state index >= 15 is 0 Å². The molecule has 0 aromatic carbocycles. The monoisotopic (exact) mass is 313 g/mol. The van der Waals surface area contributed by atoms with Gasteiger partial charge in [0.2, 0.25) is 0 Å². The number of thiophene rings is 1. The fraction of sp³-hybridized carbons (Fsp3) is 0.0909. The van der Waals surface area contributed by atoms with E-state index in [0.29, 0.717) is 4.88 Å².